The number of nitrogens with zero attached hydrogens (tertiary/aromatic N) is 2. The molecule has 0 spiro atoms. The first kappa shape index (κ1) is 50.2. The van der Waals surface area contributed by atoms with Gasteiger partial charge in [0, 0.05) is 54.7 Å². The van der Waals surface area contributed by atoms with E-state index in [0.29, 0.717) is 33.5 Å². The summed E-state index contributed by atoms with van der Waals surface area (Å²) in [6.07, 6.45) is 1.12. The van der Waals surface area contributed by atoms with Crippen LogP contribution in [0, 0.1) is 10.6 Å². The van der Waals surface area contributed by atoms with Crippen LogP contribution >= 0.6 is 0 Å². The normalized spacial score (nSPS) is 13.3. The summed E-state index contributed by atoms with van der Waals surface area (Å²) < 4.78 is 5.98. The number of carboxylic acids is 5. The Morgan fingerprint density at radius 2 is 1.38 bits per heavy atom. The number of carbonyl (C=O) groups excluding carboxylic acids is 2. The van der Waals surface area contributed by atoms with Crippen LogP contribution in [-0.4, -0.2) is 146 Å². The Morgan fingerprint density at radius 1 is 0.778 bits per heavy atom. The Bertz CT molecular complexity index is 2180. The highest BCUT2D eigenvalue weighted by Gasteiger charge is 2.32. The summed E-state index contributed by atoms with van der Waals surface area (Å²) in [6, 6.07) is 5.39. The van der Waals surface area contributed by atoms with Crippen LogP contribution in [0.15, 0.2) is 46.9 Å². The van der Waals surface area contributed by atoms with Crippen molar-refractivity contribution in [3.63, 3.8) is 0 Å². The Kier molecular flexibility index (Phi) is 19.4. The van der Waals surface area contributed by atoms with Crippen molar-refractivity contribution in [2.45, 2.75) is 69.5 Å². The lowest BCUT2D eigenvalue weighted by molar-refractivity contribution is -0.859. The van der Waals surface area contributed by atoms with Gasteiger partial charge in [0.1, 0.15) is 30.0 Å². The second-order valence-electron chi connectivity index (χ2n) is 14.5. The number of hydroxylamine groups is 2. The predicted molar refractivity (Wildman–Crippen MR) is 220 cm³/mol. The van der Waals surface area contributed by atoms with Crippen molar-refractivity contribution in [1.82, 2.24) is 20.4 Å². The molecule has 1 heterocycles. The van der Waals surface area contributed by atoms with Gasteiger partial charge in [-0.2, -0.15) is 0 Å². The van der Waals surface area contributed by atoms with E-state index in [9.17, 15) is 58.9 Å². The number of hydrogen-bond donors (Lipinski definition) is 11. The predicted octanol–water partition coefficient (Wildman–Crippen LogP) is 0.159. The average Bonchev–Trinajstić information content (AvgIpc) is 3.18. The van der Waals surface area contributed by atoms with Crippen LogP contribution in [0.2, 0.25) is 0 Å². The van der Waals surface area contributed by atoms with Crippen LogP contribution in [0.25, 0.3) is 28.4 Å². The SMILES string of the molecule is N=c1ccc2c(/C=C/C[NH+]([O-])C(CCC(=O)NCCCCC(C(=O)O)N(CC(=O)O)C(=O)O)C(=O)NCCCCC(C(=O)O)N(CC(=O)O)CC(=O)O)c3ccc(N)cc3oc-2c1. The lowest BCUT2D eigenvalue weighted by atomic mass is 9.99. The summed E-state index contributed by atoms with van der Waals surface area (Å²) >= 11 is 0. The van der Waals surface area contributed by atoms with Gasteiger partial charge in [0.05, 0.1) is 25.0 Å². The zero-order valence-corrected chi connectivity index (χ0v) is 34.0. The summed E-state index contributed by atoms with van der Waals surface area (Å²) in [7, 11) is 0. The molecule has 0 saturated heterocycles. The fourth-order valence-electron chi connectivity index (χ4n) is 6.80. The monoisotopic (exact) mass is 885 g/mol. The fourth-order valence-corrected chi connectivity index (χ4v) is 6.80. The number of hydrogen-bond acceptors (Lipinski definition) is 13. The molecule has 4 unspecified atom stereocenters. The van der Waals surface area contributed by atoms with Crippen molar-refractivity contribution in [2.24, 2.45) is 0 Å². The fraction of sp³-hybridized carbons (Fsp3) is 0.425. The molecule has 2 aliphatic rings. The molecule has 0 bridgehead atoms. The van der Waals surface area contributed by atoms with Crippen molar-refractivity contribution in [2.75, 3.05) is 45.0 Å². The molecule has 1 aromatic carbocycles. The summed E-state index contributed by atoms with van der Waals surface area (Å²) in [5, 5.41) is 82.9. The van der Waals surface area contributed by atoms with Gasteiger partial charge in [-0.05, 0) is 74.4 Å². The Hall–Kier alpha value is -7.11. The Balaban J connectivity index is 1.70. The average molecular weight is 886 g/mol. The molecule has 4 atom stereocenters. The molecule has 12 N–H and O–H groups in total. The van der Waals surface area contributed by atoms with Gasteiger partial charge < -0.3 is 67.1 Å². The van der Waals surface area contributed by atoms with E-state index in [-0.39, 0.29) is 81.3 Å². The van der Waals surface area contributed by atoms with E-state index >= 15 is 0 Å². The van der Waals surface area contributed by atoms with E-state index in [2.05, 4.69) is 10.6 Å². The highest BCUT2D eigenvalue weighted by molar-refractivity contribution is 5.95. The molecule has 1 aliphatic carbocycles. The number of carboxylic acid groups (broad SMARTS) is 6. The third-order valence-corrected chi connectivity index (χ3v) is 9.80. The molecule has 0 fully saturated rings. The summed E-state index contributed by atoms with van der Waals surface area (Å²) in [6.45, 7) is -3.00. The van der Waals surface area contributed by atoms with Crippen LogP contribution in [0.1, 0.15) is 56.9 Å². The van der Waals surface area contributed by atoms with Crippen molar-refractivity contribution in [1.29, 1.82) is 5.41 Å². The second-order valence-corrected chi connectivity index (χ2v) is 14.5. The number of anilines is 1. The van der Waals surface area contributed by atoms with Crippen LogP contribution < -0.4 is 26.8 Å². The number of carbonyl (C=O) groups is 8. The van der Waals surface area contributed by atoms with Gasteiger partial charge in [0.2, 0.25) is 5.91 Å². The maximum Gasteiger partial charge on any atom is 0.408 e. The summed E-state index contributed by atoms with van der Waals surface area (Å²) in [5.74, 6) is -8.24. The molecular weight excluding hydrogens is 834 g/mol. The van der Waals surface area contributed by atoms with E-state index in [4.69, 9.17) is 30.9 Å². The van der Waals surface area contributed by atoms with Gasteiger partial charge in [-0.25, -0.2) is 9.59 Å². The number of benzene rings is 2. The summed E-state index contributed by atoms with van der Waals surface area (Å²) in [4.78, 5) is 95.9. The third kappa shape index (κ3) is 16.0. The zero-order chi connectivity index (χ0) is 46.8. The number of unbranched alkanes of at least 4 members (excludes halogenated alkanes) is 2. The third-order valence-electron chi connectivity index (χ3n) is 9.80. The molecule has 1 aliphatic heterocycles. The minimum Gasteiger partial charge on any atom is -0.634 e. The van der Waals surface area contributed by atoms with Crippen molar-refractivity contribution >= 4 is 70.5 Å². The second kappa shape index (κ2) is 24.4. The van der Waals surface area contributed by atoms with Crippen LogP contribution in [0.3, 0.4) is 0 Å². The first-order valence-corrected chi connectivity index (χ1v) is 19.7. The number of amides is 3. The van der Waals surface area contributed by atoms with Crippen LogP contribution in [0.4, 0.5) is 10.5 Å². The largest absolute Gasteiger partial charge is 0.634 e. The molecule has 3 rings (SSSR count). The first-order chi connectivity index (χ1) is 29.8. The molecule has 23 nitrogen and oxygen atoms in total. The molecule has 0 aromatic heterocycles. The van der Waals surface area contributed by atoms with Gasteiger partial charge in [0.15, 0.2) is 6.04 Å². The molecular formula is C40H51N7O16. The van der Waals surface area contributed by atoms with Gasteiger partial charge in [-0.15, -0.1) is 0 Å². The topological polar surface area (TPSA) is 379 Å². The highest BCUT2D eigenvalue weighted by Crippen LogP contribution is 2.34. The van der Waals surface area contributed by atoms with Gasteiger partial charge in [0.25, 0.3) is 5.91 Å². The minimum absolute atomic E-state index is 0.0110. The van der Waals surface area contributed by atoms with Gasteiger partial charge in [-0.3, -0.25) is 38.6 Å². The van der Waals surface area contributed by atoms with E-state index in [1.807, 2.05) is 0 Å². The molecule has 63 heavy (non-hydrogen) atoms. The lowest BCUT2D eigenvalue weighted by Gasteiger charge is -2.30. The van der Waals surface area contributed by atoms with Crippen LogP contribution in [0.5, 0.6) is 0 Å². The molecule has 23 heteroatoms. The van der Waals surface area contributed by atoms with Crippen molar-refractivity contribution in [3.8, 4) is 11.3 Å². The number of rotatable bonds is 28. The van der Waals surface area contributed by atoms with Crippen molar-refractivity contribution < 1.29 is 78.5 Å². The molecule has 0 saturated carbocycles. The van der Waals surface area contributed by atoms with Gasteiger partial charge >= 0.3 is 35.9 Å². The number of nitrogens with two attached hydrogens (primary N) is 1. The highest BCUT2D eigenvalue weighted by atomic mass is 16.5. The zero-order valence-electron chi connectivity index (χ0n) is 34.0. The van der Waals surface area contributed by atoms with E-state index < -0.39 is 90.6 Å². The maximum atomic E-state index is 13.7. The molecule has 0 radical (unpaired) electrons. The van der Waals surface area contributed by atoms with Gasteiger partial charge in [-0.1, -0.05) is 6.08 Å². The summed E-state index contributed by atoms with van der Waals surface area (Å²) in [5.41, 5.74) is 8.11. The number of aliphatic carboxylic acids is 5. The number of nitrogen functional groups attached to an aromatic ring is 1. The molecule has 1 aromatic rings. The lowest BCUT2D eigenvalue weighted by Crippen LogP contribution is -3.12. The maximum absolute atomic E-state index is 13.7. The van der Waals surface area contributed by atoms with E-state index in [1.165, 1.54) is 6.07 Å². The number of quaternary nitrogens is 1. The molecule has 342 valence electrons. The Morgan fingerprint density at radius 3 is 1.97 bits per heavy atom. The first-order valence-electron chi connectivity index (χ1n) is 19.7. The van der Waals surface area contributed by atoms with Crippen LogP contribution in [-0.2, 0) is 33.6 Å². The number of fused-ring (bicyclic) bond motifs is 2. The standard InChI is InChI=1S/C40H51N7O16/c41-23-9-11-26-25(27-12-10-24(42)19-32(27)63-31(26)18-23)6-5-17-47(62)28(37(55)44-16-4-1-7-29(38(56)57)45(20-34(49)50)21-35(51)52)13-14-33(48)43-15-3-2-8-30(39(58)59)46(40(60)61)22-36(53)54/h5-6,9-12,18-19,28-30,41,47H,1-4,7-8,13-17,20-22,42H2,(H,43,48)(H,44,55)(H,49,50)(H,51,52)(H,53,54)(H,56,57)(H,58,59)(H,60,61)/b6-5+,41-23?. The van der Waals surface area contributed by atoms with E-state index in [1.54, 1.807) is 42.5 Å². The van der Waals surface area contributed by atoms with E-state index in [0.717, 1.165) is 4.90 Å². The minimum atomic E-state index is -1.72. The quantitative estimate of drug-likeness (QED) is 0.0200. The Labute approximate surface area is 358 Å². The smallest absolute Gasteiger partial charge is 0.408 e. The number of nitrogens with one attached hydrogen (secondary N) is 4. The van der Waals surface area contributed by atoms with Crippen molar-refractivity contribution in [3.05, 3.63) is 58.6 Å². The molecule has 3 amide bonds.